The van der Waals surface area contributed by atoms with Gasteiger partial charge in [0.05, 0.1) is 6.54 Å². The summed E-state index contributed by atoms with van der Waals surface area (Å²) in [6, 6.07) is 0. The van der Waals surface area contributed by atoms with E-state index in [-0.39, 0.29) is 5.91 Å². The Balaban J connectivity index is 1.70. The van der Waals surface area contributed by atoms with Gasteiger partial charge in [0.1, 0.15) is 0 Å². The third kappa shape index (κ3) is 3.69. The van der Waals surface area contributed by atoms with E-state index in [2.05, 4.69) is 24.1 Å². The van der Waals surface area contributed by atoms with Gasteiger partial charge in [-0.3, -0.25) is 4.79 Å². The van der Waals surface area contributed by atoms with E-state index in [9.17, 15) is 4.79 Å². The molecule has 0 aliphatic carbocycles. The van der Waals surface area contributed by atoms with Gasteiger partial charge in [-0.1, -0.05) is 20.8 Å². The molecule has 1 amide bonds. The molecule has 0 aromatic carbocycles. The van der Waals surface area contributed by atoms with Crippen molar-refractivity contribution in [1.82, 2.24) is 15.1 Å². The number of amides is 1. The highest BCUT2D eigenvalue weighted by Gasteiger charge is 2.46. The van der Waals surface area contributed by atoms with Crippen LogP contribution in [0.1, 0.15) is 33.6 Å². The number of nitrogens with zero attached hydrogens (tertiary/aromatic N) is 2. The summed E-state index contributed by atoms with van der Waals surface area (Å²) in [5, 5.41) is 3.12. The van der Waals surface area contributed by atoms with E-state index in [4.69, 9.17) is 0 Å². The fraction of sp³-hybridized carbons (Fsp3) is 0.933. The Morgan fingerprint density at radius 1 is 1.26 bits per heavy atom. The lowest BCUT2D eigenvalue weighted by molar-refractivity contribution is -0.145. The fourth-order valence-corrected chi connectivity index (χ4v) is 3.33. The lowest BCUT2D eigenvalue weighted by Crippen LogP contribution is -2.63. The second kappa shape index (κ2) is 6.23. The summed E-state index contributed by atoms with van der Waals surface area (Å²) in [4.78, 5) is 16.5. The quantitative estimate of drug-likeness (QED) is 0.812. The zero-order chi connectivity index (χ0) is 13.9. The van der Waals surface area contributed by atoms with Crippen molar-refractivity contribution in [3.05, 3.63) is 0 Å². The van der Waals surface area contributed by atoms with Gasteiger partial charge in [-0.15, -0.1) is 0 Å². The van der Waals surface area contributed by atoms with Crippen LogP contribution in [0.3, 0.4) is 0 Å². The normalized spacial score (nSPS) is 22.8. The molecule has 2 fully saturated rings. The number of rotatable bonds is 5. The summed E-state index contributed by atoms with van der Waals surface area (Å²) >= 11 is 0. The van der Waals surface area contributed by atoms with E-state index in [0.29, 0.717) is 12.0 Å². The highest BCUT2D eigenvalue weighted by Crippen LogP contribution is 2.40. The largest absolute Gasteiger partial charge is 0.340 e. The summed E-state index contributed by atoms with van der Waals surface area (Å²) in [6.45, 7) is 13.6. The van der Waals surface area contributed by atoms with E-state index in [1.165, 1.54) is 32.5 Å². The Labute approximate surface area is 117 Å². The number of carbonyl (C=O) groups is 1. The monoisotopic (exact) mass is 267 g/mol. The first kappa shape index (κ1) is 14.8. The maximum atomic E-state index is 11.9. The maximum Gasteiger partial charge on any atom is 0.236 e. The topological polar surface area (TPSA) is 35.6 Å². The van der Waals surface area contributed by atoms with Crippen LogP contribution in [0.2, 0.25) is 0 Å². The lowest BCUT2D eigenvalue weighted by Gasteiger charge is -2.54. The van der Waals surface area contributed by atoms with Crippen molar-refractivity contribution < 1.29 is 4.79 Å². The summed E-state index contributed by atoms with van der Waals surface area (Å²) in [7, 11) is 0. The lowest BCUT2D eigenvalue weighted by atomic mass is 9.72. The Kier molecular flexibility index (Phi) is 4.85. The standard InChI is InChI=1S/C15H29N3O/c1-4-16-9-14(19)18-11-15(12-18)5-7-17(8-6-15)10-13(2)3/h13,16H,4-12H2,1-3H3. The van der Waals surface area contributed by atoms with Gasteiger partial charge in [-0.25, -0.2) is 0 Å². The molecule has 1 N–H and O–H groups in total. The molecular formula is C15H29N3O. The second-order valence-electron chi connectivity index (χ2n) is 6.72. The first-order chi connectivity index (χ1) is 9.04. The van der Waals surface area contributed by atoms with Crippen LogP contribution in [-0.2, 0) is 4.79 Å². The van der Waals surface area contributed by atoms with E-state index >= 15 is 0 Å². The van der Waals surface area contributed by atoms with Gasteiger partial charge < -0.3 is 15.1 Å². The van der Waals surface area contributed by atoms with Crippen molar-refractivity contribution in [1.29, 1.82) is 0 Å². The van der Waals surface area contributed by atoms with Crippen LogP contribution in [0.5, 0.6) is 0 Å². The zero-order valence-electron chi connectivity index (χ0n) is 12.7. The van der Waals surface area contributed by atoms with Crippen molar-refractivity contribution in [2.75, 3.05) is 45.8 Å². The number of likely N-dealkylation sites (tertiary alicyclic amines) is 2. The molecule has 110 valence electrons. The van der Waals surface area contributed by atoms with Crippen molar-refractivity contribution in [2.45, 2.75) is 33.6 Å². The first-order valence-electron chi connectivity index (χ1n) is 7.75. The molecule has 19 heavy (non-hydrogen) atoms. The predicted molar refractivity (Wildman–Crippen MR) is 78.1 cm³/mol. The van der Waals surface area contributed by atoms with Gasteiger partial charge in [-0.2, -0.15) is 0 Å². The van der Waals surface area contributed by atoms with Crippen molar-refractivity contribution in [3.8, 4) is 0 Å². The minimum Gasteiger partial charge on any atom is -0.340 e. The van der Waals surface area contributed by atoms with Gasteiger partial charge in [0.2, 0.25) is 5.91 Å². The molecule has 4 heteroatoms. The molecule has 4 nitrogen and oxygen atoms in total. The Morgan fingerprint density at radius 2 is 1.89 bits per heavy atom. The molecule has 0 atom stereocenters. The molecule has 0 unspecified atom stereocenters. The molecule has 2 heterocycles. The summed E-state index contributed by atoms with van der Waals surface area (Å²) in [5.74, 6) is 1.03. The van der Waals surface area contributed by atoms with Crippen molar-refractivity contribution >= 4 is 5.91 Å². The molecule has 0 aromatic heterocycles. The molecule has 0 saturated carbocycles. The molecule has 0 bridgehead atoms. The van der Waals surface area contributed by atoms with Gasteiger partial charge in [0.15, 0.2) is 0 Å². The van der Waals surface area contributed by atoms with Gasteiger partial charge in [-0.05, 0) is 38.4 Å². The first-order valence-corrected chi connectivity index (χ1v) is 7.75. The van der Waals surface area contributed by atoms with Crippen molar-refractivity contribution in [2.24, 2.45) is 11.3 Å². The minimum atomic E-state index is 0.275. The maximum absolute atomic E-state index is 11.9. The number of carbonyl (C=O) groups excluding carboxylic acids is 1. The van der Waals surface area contributed by atoms with Crippen molar-refractivity contribution in [3.63, 3.8) is 0 Å². The zero-order valence-corrected chi connectivity index (χ0v) is 12.7. The average molecular weight is 267 g/mol. The molecular weight excluding hydrogens is 238 g/mol. The molecule has 0 radical (unpaired) electrons. The van der Waals surface area contributed by atoms with Crippen LogP contribution in [0.4, 0.5) is 0 Å². The SMILES string of the molecule is CCNCC(=O)N1CC2(CCN(CC(C)C)CC2)C1. The number of likely N-dealkylation sites (N-methyl/N-ethyl adjacent to an activating group) is 1. The van der Waals surface area contributed by atoms with Crippen LogP contribution in [0.25, 0.3) is 0 Å². The molecule has 0 aromatic rings. The highest BCUT2D eigenvalue weighted by atomic mass is 16.2. The van der Waals surface area contributed by atoms with Gasteiger partial charge in [0.25, 0.3) is 0 Å². The van der Waals surface area contributed by atoms with Crippen LogP contribution in [-0.4, -0.2) is 61.5 Å². The van der Waals surface area contributed by atoms with Gasteiger partial charge in [0, 0.05) is 25.0 Å². The number of nitrogens with one attached hydrogen (secondary N) is 1. The number of hydrogen-bond acceptors (Lipinski definition) is 3. The predicted octanol–water partition coefficient (Wildman–Crippen LogP) is 1.18. The van der Waals surface area contributed by atoms with Gasteiger partial charge >= 0.3 is 0 Å². The Hall–Kier alpha value is -0.610. The highest BCUT2D eigenvalue weighted by molar-refractivity contribution is 5.79. The van der Waals surface area contributed by atoms with Crippen LogP contribution < -0.4 is 5.32 Å². The Bertz CT molecular complexity index is 301. The third-order valence-electron chi connectivity index (χ3n) is 4.47. The second-order valence-corrected chi connectivity index (χ2v) is 6.72. The smallest absolute Gasteiger partial charge is 0.236 e. The fourth-order valence-electron chi connectivity index (χ4n) is 3.33. The molecule has 2 saturated heterocycles. The van der Waals surface area contributed by atoms with E-state index in [0.717, 1.165) is 25.6 Å². The van der Waals surface area contributed by atoms with Crippen LogP contribution in [0, 0.1) is 11.3 Å². The van der Waals surface area contributed by atoms with Crippen LogP contribution in [0.15, 0.2) is 0 Å². The minimum absolute atomic E-state index is 0.275. The summed E-state index contributed by atoms with van der Waals surface area (Å²) < 4.78 is 0. The summed E-state index contributed by atoms with van der Waals surface area (Å²) in [6.07, 6.45) is 2.54. The summed E-state index contributed by atoms with van der Waals surface area (Å²) in [5.41, 5.74) is 0.454. The van der Waals surface area contributed by atoms with E-state index in [1.807, 2.05) is 11.8 Å². The molecule has 2 aliphatic heterocycles. The molecule has 2 rings (SSSR count). The Morgan fingerprint density at radius 3 is 2.42 bits per heavy atom. The third-order valence-corrected chi connectivity index (χ3v) is 4.47. The van der Waals surface area contributed by atoms with E-state index < -0.39 is 0 Å². The van der Waals surface area contributed by atoms with E-state index in [1.54, 1.807) is 0 Å². The number of hydrogen-bond donors (Lipinski definition) is 1. The molecule has 1 spiro atoms. The average Bonchev–Trinajstić information content (AvgIpc) is 2.33. The number of piperidine rings is 1. The van der Waals surface area contributed by atoms with Crippen LogP contribution >= 0.6 is 0 Å². The molecule has 2 aliphatic rings.